The molecule has 1 rings (SSSR count). The van der Waals surface area contributed by atoms with Gasteiger partial charge >= 0.3 is 0 Å². The first-order valence-electron chi connectivity index (χ1n) is 3.98. The Morgan fingerprint density at radius 2 is 2.46 bits per heavy atom. The Hall–Kier alpha value is -0.420. The number of hydrogen-bond donors (Lipinski definition) is 1. The highest BCUT2D eigenvalue weighted by Gasteiger charge is 2.01. The summed E-state index contributed by atoms with van der Waals surface area (Å²) < 4.78 is 15.1. The fourth-order valence-electron chi connectivity index (χ4n) is 0.817. The molecule has 0 amide bonds. The van der Waals surface area contributed by atoms with Gasteiger partial charge in [0.1, 0.15) is 11.0 Å². The molecule has 1 N–H and O–H groups in total. The lowest BCUT2D eigenvalue weighted by molar-refractivity contribution is 0.685. The standard InChI is InChI=1S/C8H11BrN2OS/c1-2-5-13(12)11-8-3-4-10-6-7(8)9/h3-4,6H,2,5H2,1H3,(H,10,11). The summed E-state index contributed by atoms with van der Waals surface area (Å²) in [4.78, 5) is 3.91. The summed E-state index contributed by atoms with van der Waals surface area (Å²) in [6.45, 7) is 2.00. The van der Waals surface area contributed by atoms with E-state index in [1.807, 2.05) is 6.92 Å². The minimum absolute atomic E-state index is 0.661. The van der Waals surface area contributed by atoms with E-state index < -0.39 is 11.0 Å². The quantitative estimate of drug-likeness (QED) is 0.905. The Balaban J connectivity index is 2.63. The maximum Gasteiger partial charge on any atom is 0.117 e. The third kappa shape index (κ3) is 3.44. The van der Waals surface area contributed by atoms with Gasteiger partial charge in [-0.3, -0.25) is 4.98 Å². The molecule has 0 bridgehead atoms. The minimum Gasteiger partial charge on any atom is -0.304 e. The maximum absolute atomic E-state index is 11.3. The third-order valence-corrected chi connectivity index (χ3v) is 3.24. The molecule has 1 aromatic rings. The number of aromatic nitrogens is 1. The molecule has 5 heteroatoms. The van der Waals surface area contributed by atoms with E-state index in [4.69, 9.17) is 0 Å². The molecule has 0 radical (unpaired) electrons. The van der Waals surface area contributed by atoms with Crippen molar-refractivity contribution in [2.45, 2.75) is 13.3 Å². The van der Waals surface area contributed by atoms with Crippen LogP contribution in [-0.4, -0.2) is 14.9 Å². The second-order valence-corrected chi connectivity index (χ2v) is 4.66. The minimum atomic E-state index is -0.989. The highest BCUT2D eigenvalue weighted by atomic mass is 79.9. The second kappa shape index (κ2) is 5.34. The van der Waals surface area contributed by atoms with E-state index in [1.165, 1.54) is 0 Å². The molecule has 0 saturated heterocycles. The molecule has 0 spiro atoms. The fourth-order valence-corrected chi connectivity index (χ4v) is 2.19. The molecule has 1 unspecified atom stereocenters. The van der Waals surface area contributed by atoms with E-state index >= 15 is 0 Å². The first-order chi connectivity index (χ1) is 6.24. The highest BCUT2D eigenvalue weighted by molar-refractivity contribution is 9.10. The van der Waals surface area contributed by atoms with Crippen LogP contribution in [0, 0.1) is 0 Å². The summed E-state index contributed by atoms with van der Waals surface area (Å²) in [5, 5.41) is 0. The molecule has 0 aromatic carbocycles. The lowest BCUT2D eigenvalue weighted by Crippen LogP contribution is -2.08. The van der Waals surface area contributed by atoms with Gasteiger partial charge in [0, 0.05) is 18.1 Å². The van der Waals surface area contributed by atoms with Crippen LogP contribution in [0.5, 0.6) is 0 Å². The number of hydrogen-bond acceptors (Lipinski definition) is 2. The monoisotopic (exact) mass is 262 g/mol. The van der Waals surface area contributed by atoms with Crippen molar-refractivity contribution in [1.29, 1.82) is 0 Å². The zero-order valence-corrected chi connectivity index (χ0v) is 9.69. The molecule has 0 fully saturated rings. The van der Waals surface area contributed by atoms with E-state index in [-0.39, 0.29) is 0 Å². The maximum atomic E-state index is 11.3. The number of pyridine rings is 1. The molecule has 0 saturated carbocycles. The van der Waals surface area contributed by atoms with Crippen LogP contribution in [-0.2, 0) is 11.0 Å². The number of nitrogens with zero attached hydrogens (tertiary/aromatic N) is 1. The first kappa shape index (κ1) is 10.7. The molecule has 3 nitrogen and oxygen atoms in total. The molecular formula is C8H11BrN2OS. The summed E-state index contributed by atoms with van der Waals surface area (Å²) in [5.41, 5.74) is 0.821. The van der Waals surface area contributed by atoms with Crippen molar-refractivity contribution < 1.29 is 4.21 Å². The number of anilines is 1. The Bertz CT molecular complexity index is 306. The average Bonchev–Trinajstić information content (AvgIpc) is 2.09. The van der Waals surface area contributed by atoms with Gasteiger partial charge in [-0.2, -0.15) is 0 Å². The van der Waals surface area contributed by atoms with E-state index in [9.17, 15) is 4.21 Å². The molecule has 72 valence electrons. The van der Waals surface area contributed by atoms with Gasteiger partial charge in [0.25, 0.3) is 0 Å². The molecule has 1 atom stereocenters. The van der Waals surface area contributed by atoms with E-state index in [0.29, 0.717) is 5.75 Å². The second-order valence-electron chi connectivity index (χ2n) is 2.51. The van der Waals surface area contributed by atoms with Crippen LogP contribution >= 0.6 is 15.9 Å². The van der Waals surface area contributed by atoms with Crippen molar-refractivity contribution in [1.82, 2.24) is 4.98 Å². The summed E-state index contributed by atoms with van der Waals surface area (Å²) in [6.07, 6.45) is 4.24. The van der Waals surface area contributed by atoms with E-state index in [0.717, 1.165) is 16.6 Å². The molecule has 0 aliphatic heterocycles. The Kier molecular flexibility index (Phi) is 4.38. The van der Waals surface area contributed by atoms with Gasteiger partial charge in [-0.25, -0.2) is 4.21 Å². The first-order valence-corrected chi connectivity index (χ1v) is 6.09. The molecule has 0 aliphatic carbocycles. The predicted molar refractivity (Wildman–Crippen MR) is 58.9 cm³/mol. The van der Waals surface area contributed by atoms with Gasteiger partial charge in [-0.05, 0) is 28.4 Å². The summed E-state index contributed by atoms with van der Waals surface area (Å²) in [6, 6.07) is 1.79. The van der Waals surface area contributed by atoms with Crippen LogP contribution in [0.1, 0.15) is 13.3 Å². The lowest BCUT2D eigenvalue weighted by Gasteiger charge is -2.05. The van der Waals surface area contributed by atoms with Crippen LogP contribution < -0.4 is 4.72 Å². The van der Waals surface area contributed by atoms with Crippen LogP contribution in [0.25, 0.3) is 0 Å². The molecule has 1 heterocycles. The van der Waals surface area contributed by atoms with Crippen molar-refractivity contribution >= 4 is 32.6 Å². The normalized spacial score (nSPS) is 12.5. The van der Waals surface area contributed by atoms with Gasteiger partial charge in [0.2, 0.25) is 0 Å². The van der Waals surface area contributed by atoms with Crippen LogP contribution in [0.15, 0.2) is 22.9 Å². The molecular weight excluding hydrogens is 252 g/mol. The zero-order valence-electron chi connectivity index (χ0n) is 7.29. The Morgan fingerprint density at radius 1 is 1.69 bits per heavy atom. The van der Waals surface area contributed by atoms with Gasteiger partial charge < -0.3 is 4.72 Å². The van der Waals surface area contributed by atoms with Crippen LogP contribution in [0.2, 0.25) is 0 Å². The van der Waals surface area contributed by atoms with E-state index in [2.05, 4.69) is 25.6 Å². The van der Waals surface area contributed by atoms with Gasteiger partial charge in [-0.15, -0.1) is 0 Å². The Morgan fingerprint density at radius 3 is 3.08 bits per heavy atom. The number of halogens is 1. The SMILES string of the molecule is CCCS(=O)Nc1ccncc1Br. The Labute approximate surface area is 88.7 Å². The lowest BCUT2D eigenvalue weighted by atomic mass is 10.4. The predicted octanol–water partition coefficient (Wildman–Crippen LogP) is 2.33. The topological polar surface area (TPSA) is 42.0 Å². The smallest absolute Gasteiger partial charge is 0.117 e. The van der Waals surface area contributed by atoms with Crippen molar-refractivity contribution in [2.24, 2.45) is 0 Å². The highest BCUT2D eigenvalue weighted by Crippen LogP contribution is 2.20. The number of rotatable bonds is 4. The van der Waals surface area contributed by atoms with Gasteiger partial charge in [-0.1, -0.05) is 6.92 Å². The molecule has 0 aliphatic rings. The number of nitrogens with one attached hydrogen (secondary N) is 1. The summed E-state index contributed by atoms with van der Waals surface area (Å²) in [5.74, 6) is 0.661. The van der Waals surface area contributed by atoms with Crippen LogP contribution in [0.3, 0.4) is 0 Å². The molecule has 1 aromatic heterocycles. The zero-order chi connectivity index (χ0) is 9.68. The largest absolute Gasteiger partial charge is 0.304 e. The fraction of sp³-hybridized carbons (Fsp3) is 0.375. The van der Waals surface area contributed by atoms with Crippen molar-refractivity contribution in [3.8, 4) is 0 Å². The van der Waals surface area contributed by atoms with Crippen molar-refractivity contribution in [3.63, 3.8) is 0 Å². The average molecular weight is 263 g/mol. The van der Waals surface area contributed by atoms with Gasteiger partial charge in [0.05, 0.1) is 10.2 Å². The van der Waals surface area contributed by atoms with Gasteiger partial charge in [0.15, 0.2) is 0 Å². The summed E-state index contributed by atoms with van der Waals surface area (Å²) >= 11 is 3.32. The van der Waals surface area contributed by atoms with Crippen LogP contribution in [0.4, 0.5) is 5.69 Å². The van der Waals surface area contributed by atoms with Crippen molar-refractivity contribution in [3.05, 3.63) is 22.9 Å². The third-order valence-electron chi connectivity index (χ3n) is 1.39. The summed E-state index contributed by atoms with van der Waals surface area (Å²) in [7, 11) is -0.989. The van der Waals surface area contributed by atoms with E-state index in [1.54, 1.807) is 18.5 Å². The van der Waals surface area contributed by atoms with Crippen molar-refractivity contribution in [2.75, 3.05) is 10.5 Å². The molecule has 13 heavy (non-hydrogen) atoms.